The summed E-state index contributed by atoms with van der Waals surface area (Å²) in [5, 5.41) is 17.9. The number of hydrogen-bond acceptors (Lipinski definition) is 3. The molecule has 0 unspecified atom stereocenters. The minimum Gasteiger partial charge on any atom is -0.480 e. The van der Waals surface area contributed by atoms with Crippen LogP contribution in [0, 0.1) is 5.92 Å². The monoisotopic (exact) mass is 173 g/mol. The highest BCUT2D eigenvalue weighted by molar-refractivity contribution is 5.73. The maximum Gasteiger partial charge on any atom is 0.320 e. The fraction of sp³-hybridized carbons (Fsp3) is 0.875. The second-order valence-corrected chi connectivity index (χ2v) is 3.44. The Hall–Kier alpha value is -0.610. The molecule has 0 saturated heterocycles. The van der Waals surface area contributed by atoms with Crippen LogP contribution in [0.15, 0.2) is 0 Å². The Morgan fingerprint density at radius 1 is 1.50 bits per heavy atom. The number of nitrogens with two attached hydrogens (primary N) is 1. The summed E-state index contributed by atoms with van der Waals surface area (Å²) in [4.78, 5) is 10.5. The summed E-state index contributed by atoms with van der Waals surface area (Å²) in [6.07, 6.45) is 2.67. The molecular weight excluding hydrogens is 158 g/mol. The van der Waals surface area contributed by atoms with Gasteiger partial charge in [-0.25, -0.2) is 0 Å². The predicted molar refractivity (Wildman–Crippen MR) is 43.6 cm³/mol. The SMILES string of the molecule is N[C@H](C(=O)O)[C@H]1CCC[C@H](O)C1. The van der Waals surface area contributed by atoms with Crippen molar-refractivity contribution in [1.82, 2.24) is 0 Å². The van der Waals surface area contributed by atoms with Crippen molar-refractivity contribution in [3.05, 3.63) is 0 Å². The molecule has 4 nitrogen and oxygen atoms in total. The molecule has 70 valence electrons. The van der Waals surface area contributed by atoms with Crippen molar-refractivity contribution >= 4 is 5.97 Å². The Morgan fingerprint density at radius 2 is 2.17 bits per heavy atom. The molecule has 4 heteroatoms. The quantitative estimate of drug-likeness (QED) is 0.546. The Balaban J connectivity index is 2.45. The van der Waals surface area contributed by atoms with Crippen LogP contribution < -0.4 is 5.73 Å². The summed E-state index contributed by atoms with van der Waals surface area (Å²) in [6, 6.07) is -0.806. The molecule has 0 heterocycles. The van der Waals surface area contributed by atoms with Crippen LogP contribution in [0.25, 0.3) is 0 Å². The van der Waals surface area contributed by atoms with Crippen molar-refractivity contribution in [2.75, 3.05) is 0 Å². The fourth-order valence-corrected chi connectivity index (χ4v) is 1.73. The van der Waals surface area contributed by atoms with Gasteiger partial charge in [0.1, 0.15) is 6.04 Å². The third kappa shape index (κ3) is 2.19. The van der Waals surface area contributed by atoms with E-state index in [1.54, 1.807) is 0 Å². The normalized spacial score (nSPS) is 32.8. The molecule has 3 atom stereocenters. The smallest absolute Gasteiger partial charge is 0.320 e. The van der Waals surface area contributed by atoms with Crippen molar-refractivity contribution in [2.24, 2.45) is 11.7 Å². The van der Waals surface area contributed by atoms with Crippen molar-refractivity contribution in [2.45, 2.75) is 37.8 Å². The highest BCUT2D eigenvalue weighted by Crippen LogP contribution is 2.26. The molecule has 12 heavy (non-hydrogen) atoms. The number of aliphatic hydroxyl groups excluding tert-OH is 1. The maximum absolute atomic E-state index is 10.5. The molecule has 0 aromatic heterocycles. The summed E-state index contributed by atoms with van der Waals surface area (Å²) in [6.45, 7) is 0. The maximum atomic E-state index is 10.5. The van der Waals surface area contributed by atoms with Gasteiger partial charge in [0.25, 0.3) is 0 Å². The molecule has 0 radical (unpaired) electrons. The molecule has 0 spiro atoms. The van der Waals surface area contributed by atoms with Crippen LogP contribution in [-0.4, -0.2) is 28.3 Å². The van der Waals surface area contributed by atoms with Crippen LogP contribution in [0.1, 0.15) is 25.7 Å². The van der Waals surface area contributed by atoms with Gasteiger partial charge in [-0.2, -0.15) is 0 Å². The van der Waals surface area contributed by atoms with Crippen molar-refractivity contribution in [3.63, 3.8) is 0 Å². The van der Waals surface area contributed by atoms with E-state index in [9.17, 15) is 9.90 Å². The summed E-state index contributed by atoms with van der Waals surface area (Å²) in [5.74, 6) is -1.01. The Labute approximate surface area is 71.4 Å². The van der Waals surface area contributed by atoms with Crippen LogP contribution in [0.3, 0.4) is 0 Å². The third-order valence-corrected chi connectivity index (χ3v) is 2.48. The molecule has 1 aliphatic carbocycles. The largest absolute Gasteiger partial charge is 0.480 e. The summed E-state index contributed by atoms with van der Waals surface area (Å²) in [5.41, 5.74) is 5.44. The van der Waals surface area contributed by atoms with Crippen LogP contribution in [-0.2, 0) is 4.79 Å². The zero-order chi connectivity index (χ0) is 9.14. The van der Waals surface area contributed by atoms with Crippen molar-refractivity contribution in [3.8, 4) is 0 Å². The second-order valence-electron chi connectivity index (χ2n) is 3.44. The van der Waals surface area contributed by atoms with E-state index >= 15 is 0 Å². The molecule has 4 N–H and O–H groups in total. The standard InChI is InChI=1S/C8H15NO3/c9-7(8(11)12)5-2-1-3-6(10)4-5/h5-7,10H,1-4,9H2,(H,11,12)/t5-,6-,7-/m0/s1. The molecule has 0 aromatic carbocycles. The fourth-order valence-electron chi connectivity index (χ4n) is 1.73. The lowest BCUT2D eigenvalue weighted by atomic mass is 9.83. The van der Waals surface area contributed by atoms with Crippen molar-refractivity contribution < 1.29 is 15.0 Å². The van der Waals surface area contributed by atoms with Gasteiger partial charge in [0, 0.05) is 0 Å². The minimum atomic E-state index is -0.964. The number of aliphatic carboxylic acids is 1. The molecule has 1 fully saturated rings. The van der Waals surface area contributed by atoms with Gasteiger partial charge in [-0.15, -0.1) is 0 Å². The number of carboxylic acid groups (broad SMARTS) is 1. The Bertz CT molecular complexity index is 172. The van der Waals surface area contributed by atoms with Gasteiger partial charge in [0.15, 0.2) is 0 Å². The molecule has 0 aliphatic heterocycles. The molecular formula is C8H15NO3. The van der Waals surface area contributed by atoms with E-state index in [-0.39, 0.29) is 12.0 Å². The van der Waals surface area contributed by atoms with Gasteiger partial charge >= 0.3 is 5.97 Å². The zero-order valence-electron chi connectivity index (χ0n) is 6.94. The average molecular weight is 173 g/mol. The predicted octanol–water partition coefficient (Wildman–Crippen LogP) is -0.0506. The van der Waals surface area contributed by atoms with Gasteiger partial charge in [-0.1, -0.05) is 6.42 Å². The van der Waals surface area contributed by atoms with Crippen LogP contribution >= 0.6 is 0 Å². The zero-order valence-corrected chi connectivity index (χ0v) is 6.94. The van der Waals surface area contributed by atoms with Gasteiger partial charge in [-0.3, -0.25) is 4.79 Å². The van der Waals surface area contributed by atoms with E-state index in [4.69, 9.17) is 10.8 Å². The molecule has 0 aromatic rings. The van der Waals surface area contributed by atoms with Crippen LogP contribution in [0.4, 0.5) is 0 Å². The number of rotatable bonds is 2. The van der Waals surface area contributed by atoms with Gasteiger partial charge in [-0.05, 0) is 25.2 Å². The lowest BCUT2D eigenvalue weighted by molar-refractivity contribution is -0.140. The van der Waals surface area contributed by atoms with E-state index < -0.39 is 12.0 Å². The van der Waals surface area contributed by atoms with E-state index in [0.29, 0.717) is 6.42 Å². The van der Waals surface area contributed by atoms with Crippen molar-refractivity contribution in [1.29, 1.82) is 0 Å². The molecule has 1 rings (SSSR count). The van der Waals surface area contributed by atoms with E-state index in [2.05, 4.69) is 0 Å². The first-order valence-electron chi connectivity index (χ1n) is 4.27. The summed E-state index contributed by atoms with van der Waals surface area (Å²) < 4.78 is 0. The lowest BCUT2D eigenvalue weighted by Gasteiger charge is -2.28. The summed E-state index contributed by atoms with van der Waals surface area (Å²) in [7, 11) is 0. The number of aliphatic hydroxyl groups is 1. The van der Waals surface area contributed by atoms with Gasteiger partial charge in [0.05, 0.1) is 6.10 Å². The van der Waals surface area contributed by atoms with E-state index in [0.717, 1.165) is 19.3 Å². The Morgan fingerprint density at radius 3 is 2.67 bits per heavy atom. The summed E-state index contributed by atoms with van der Waals surface area (Å²) >= 11 is 0. The molecule has 0 bridgehead atoms. The first-order chi connectivity index (χ1) is 5.61. The minimum absolute atomic E-state index is 0.0498. The Kier molecular flexibility index (Phi) is 3.05. The average Bonchev–Trinajstić information content (AvgIpc) is 2.03. The van der Waals surface area contributed by atoms with E-state index in [1.807, 2.05) is 0 Å². The van der Waals surface area contributed by atoms with Crippen LogP contribution in [0.2, 0.25) is 0 Å². The third-order valence-electron chi connectivity index (χ3n) is 2.48. The first kappa shape index (κ1) is 9.48. The molecule has 1 aliphatic rings. The number of hydrogen-bond donors (Lipinski definition) is 3. The lowest BCUT2D eigenvalue weighted by Crippen LogP contribution is -2.41. The van der Waals surface area contributed by atoms with Crippen LogP contribution in [0.5, 0.6) is 0 Å². The highest BCUT2D eigenvalue weighted by atomic mass is 16.4. The van der Waals surface area contributed by atoms with E-state index in [1.165, 1.54) is 0 Å². The number of carboxylic acids is 1. The first-order valence-corrected chi connectivity index (χ1v) is 4.27. The molecule has 0 amide bonds. The van der Waals surface area contributed by atoms with Gasteiger partial charge < -0.3 is 15.9 Å². The topological polar surface area (TPSA) is 83.6 Å². The second kappa shape index (κ2) is 3.87. The van der Waals surface area contributed by atoms with Gasteiger partial charge in [0.2, 0.25) is 0 Å². The number of carbonyl (C=O) groups is 1. The molecule has 1 saturated carbocycles. The highest BCUT2D eigenvalue weighted by Gasteiger charge is 2.29.